The van der Waals surface area contributed by atoms with E-state index in [9.17, 15) is 4.79 Å². The quantitative estimate of drug-likeness (QED) is 0.794. The molecule has 0 aromatic carbocycles. The van der Waals surface area contributed by atoms with Gasteiger partial charge in [0.2, 0.25) is 0 Å². The minimum absolute atomic E-state index is 0.100. The van der Waals surface area contributed by atoms with Crippen LogP contribution < -0.4 is 5.32 Å². The number of hydrogen-bond acceptors (Lipinski definition) is 3. The van der Waals surface area contributed by atoms with Gasteiger partial charge in [-0.3, -0.25) is 4.79 Å². The molecule has 0 fully saturated rings. The van der Waals surface area contributed by atoms with Gasteiger partial charge in [-0.1, -0.05) is 20.8 Å². The minimum atomic E-state index is 0.100. The number of amides is 1. The summed E-state index contributed by atoms with van der Waals surface area (Å²) in [6.45, 7) is 12.1. The molecular weight excluding hydrogens is 262 g/mol. The van der Waals surface area contributed by atoms with Crippen LogP contribution >= 0.6 is 0 Å². The monoisotopic (exact) mass is 291 g/mol. The molecule has 0 saturated heterocycles. The van der Waals surface area contributed by atoms with E-state index in [1.165, 1.54) is 0 Å². The number of anilines is 1. The number of hydrogen-bond donors (Lipinski definition) is 1. The molecule has 0 atom stereocenters. The molecule has 1 aromatic rings. The summed E-state index contributed by atoms with van der Waals surface area (Å²) < 4.78 is 0. The lowest BCUT2D eigenvalue weighted by atomic mass is 10.1. The van der Waals surface area contributed by atoms with E-state index < -0.39 is 0 Å². The van der Waals surface area contributed by atoms with Gasteiger partial charge in [0.25, 0.3) is 5.91 Å². The molecule has 0 aliphatic heterocycles. The summed E-state index contributed by atoms with van der Waals surface area (Å²) in [5.74, 6) is 0.906. The Labute approximate surface area is 129 Å². The van der Waals surface area contributed by atoms with Crippen molar-refractivity contribution in [3.8, 4) is 0 Å². The van der Waals surface area contributed by atoms with Crippen LogP contribution in [0.2, 0.25) is 0 Å². The standard InChI is InChI=1S/C17H29N3O/c1-6-9-18-16-12-14(11-15(8-3)19-16)17(21)20(10-7-2)13(4)5/h11-13H,6-10H2,1-5H3,(H,18,19). The minimum Gasteiger partial charge on any atom is -0.370 e. The fraction of sp³-hybridized carbons (Fsp3) is 0.647. The van der Waals surface area contributed by atoms with Crippen molar-refractivity contribution in [3.63, 3.8) is 0 Å². The zero-order chi connectivity index (χ0) is 15.8. The van der Waals surface area contributed by atoms with Gasteiger partial charge in [0.1, 0.15) is 5.82 Å². The number of carbonyl (C=O) groups excluding carboxylic acids is 1. The molecular formula is C17H29N3O. The molecule has 1 heterocycles. The molecule has 0 radical (unpaired) electrons. The van der Waals surface area contributed by atoms with Crippen molar-refractivity contribution in [3.05, 3.63) is 23.4 Å². The lowest BCUT2D eigenvalue weighted by Crippen LogP contribution is -2.37. The highest BCUT2D eigenvalue weighted by molar-refractivity contribution is 5.95. The molecule has 0 aliphatic rings. The smallest absolute Gasteiger partial charge is 0.254 e. The van der Waals surface area contributed by atoms with E-state index in [0.717, 1.165) is 49.4 Å². The SMILES string of the molecule is CCCNc1cc(C(=O)N(CCC)C(C)C)cc(CC)n1. The third-order valence-corrected chi connectivity index (χ3v) is 3.39. The van der Waals surface area contributed by atoms with Crippen LogP contribution in [0.5, 0.6) is 0 Å². The summed E-state index contributed by atoms with van der Waals surface area (Å²) in [6.07, 6.45) is 2.84. The first-order valence-electron chi connectivity index (χ1n) is 8.09. The Morgan fingerprint density at radius 1 is 1.24 bits per heavy atom. The van der Waals surface area contributed by atoms with Crippen LogP contribution in [0.15, 0.2) is 12.1 Å². The van der Waals surface area contributed by atoms with E-state index >= 15 is 0 Å². The number of nitrogens with one attached hydrogen (secondary N) is 1. The summed E-state index contributed by atoms with van der Waals surface area (Å²) in [4.78, 5) is 19.2. The molecule has 0 bridgehead atoms. The summed E-state index contributed by atoms with van der Waals surface area (Å²) in [5.41, 5.74) is 1.70. The molecule has 118 valence electrons. The zero-order valence-corrected chi connectivity index (χ0v) is 14.1. The second kappa shape index (κ2) is 8.65. The fourth-order valence-electron chi connectivity index (χ4n) is 2.24. The molecule has 0 saturated carbocycles. The number of aromatic nitrogens is 1. The van der Waals surface area contributed by atoms with Crippen LogP contribution in [0.3, 0.4) is 0 Å². The number of pyridine rings is 1. The predicted molar refractivity (Wildman–Crippen MR) is 88.9 cm³/mol. The second-order valence-electron chi connectivity index (χ2n) is 5.61. The number of aryl methyl sites for hydroxylation is 1. The van der Waals surface area contributed by atoms with Gasteiger partial charge in [0.05, 0.1) is 0 Å². The lowest BCUT2D eigenvalue weighted by Gasteiger charge is -2.26. The highest BCUT2D eigenvalue weighted by atomic mass is 16.2. The highest BCUT2D eigenvalue weighted by Gasteiger charge is 2.19. The number of nitrogens with zero attached hydrogens (tertiary/aromatic N) is 2. The average molecular weight is 291 g/mol. The summed E-state index contributed by atoms with van der Waals surface area (Å²) in [7, 11) is 0. The van der Waals surface area contributed by atoms with E-state index in [2.05, 4.69) is 44.9 Å². The van der Waals surface area contributed by atoms with Gasteiger partial charge < -0.3 is 10.2 Å². The molecule has 0 spiro atoms. The topological polar surface area (TPSA) is 45.2 Å². The molecule has 1 N–H and O–H groups in total. The van der Waals surface area contributed by atoms with Crippen molar-refractivity contribution in [2.45, 2.75) is 59.9 Å². The second-order valence-corrected chi connectivity index (χ2v) is 5.61. The highest BCUT2D eigenvalue weighted by Crippen LogP contribution is 2.15. The van der Waals surface area contributed by atoms with Crippen LogP contribution in [-0.2, 0) is 6.42 Å². The van der Waals surface area contributed by atoms with Crippen LogP contribution in [-0.4, -0.2) is 34.9 Å². The van der Waals surface area contributed by atoms with Gasteiger partial charge in [0, 0.05) is 30.4 Å². The van der Waals surface area contributed by atoms with Gasteiger partial charge >= 0.3 is 0 Å². The Hall–Kier alpha value is -1.58. The Bertz CT molecular complexity index is 457. The van der Waals surface area contributed by atoms with Crippen molar-refractivity contribution < 1.29 is 4.79 Å². The molecule has 4 nitrogen and oxygen atoms in total. The summed E-state index contributed by atoms with van der Waals surface area (Å²) >= 11 is 0. The Morgan fingerprint density at radius 2 is 1.95 bits per heavy atom. The van der Waals surface area contributed by atoms with Gasteiger partial charge in [-0.2, -0.15) is 0 Å². The van der Waals surface area contributed by atoms with Crippen LogP contribution in [0.4, 0.5) is 5.82 Å². The van der Waals surface area contributed by atoms with E-state index in [1.54, 1.807) is 0 Å². The van der Waals surface area contributed by atoms with E-state index in [0.29, 0.717) is 0 Å². The maximum absolute atomic E-state index is 12.7. The Kier molecular flexibility index (Phi) is 7.20. The average Bonchev–Trinajstić information content (AvgIpc) is 2.49. The van der Waals surface area contributed by atoms with Crippen LogP contribution in [0.1, 0.15) is 63.5 Å². The number of rotatable bonds is 8. The predicted octanol–water partition coefficient (Wildman–Crippen LogP) is 3.73. The van der Waals surface area contributed by atoms with Crippen molar-refractivity contribution in [2.75, 3.05) is 18.4 Å². The van der Waals surface area contributed by atoms with E-state index in [-0.39, 0.29) is 11.9 Å². The lowest BCUT2D eigenvalue weighted by molar-refractivity contribution is 0.0705. The van der Waals surface area contributed by atoms with Gasteiger partial charge in [-0.15, -0.1) is 0 Å². The van der Waals surface area contributed by atoms with E-state index in [4.69, 9.17) is 0 Å². The van der Waals surface area contributed by atoms with Crippen molar-refractivity contribution >= 4 is 11.7 Å². The van der Waals surface area contributed by atoms with Crippen LogP contribution in [0.25, 0.3) is 0 Å². The van der Waals surface area contributed by atoms with Crippen molar-refractivity contribution in [2.24, 2.45) is 0 Å². The van der Waals surface area contributed by atoms with Crippen LogP contribution in [0, 0.1) is 0 Å². The molecule has 0 unspecified atom stereocenters. The molecule has 21 heavy (non-hydrogen) atoms. The summed E-state index contributed by atoms with van der Waals surface area (Å²) in [6, 6.07) is 4.01. The normalized spacial score (nSPS) is 10.8. The first-order chi connectivity index (χ1) is 10.0. The first kappa shape index (κ1) is 17.5. The molecule has 1 rings (SSSR count). The van der Waals surface area contributed by atoms with Gasteiger partial charge in [-0.05, 0) is 45.2 Å². The number of carbonyl (C=O) groups is 1. The van der Waals surface area contributed by atoms with E-state index in [1.807, 2.05) is 17.0 Å². The van der Waals surface area contributed by atoms with Gasteiger partial charge in [-0.25, -0.2) is 4.98 Å². The molecule has 0 aliphatic carbocycles. The fourth-order valence-corrected chi connectivity index (χ4v) is 2.24. The Morgan fingerprint density at radius 3 is 2.48 bits per heavy atom. The third kappa shape index (κ3) is 5.03. The largest absolute Gasteiger partial charge is 0.370 e. The van der Waals surface area contributed by atoms with Crippen molar-refractivity contribution in [1.82, 2.24) is 9.88 Å². The maximum Gasteiger partial charge on any atom is 0.254 e. The zero-order valence-electron chi connectivity index (χ0n) is 14.1. The third-order valence-electron chi connectivity index (χ3n) is 3.39. The first-order valence-corrected chi connectivity index (χ1v) is 8.09. The molecule has 4 heteroatoms. The van der Waals surface area contributed by atoms with Gasteiger partial charge in [0.15, 0.2) is 0 Å². The van der Waals surface area contributed by atoms with Crippen molar-refractivity contribution in [1.29, 1.82) is 0 Å². The molecule has 1 aromatic heterocycles. The maximum atomic E-state index is 12.7. The Balaban J connectivity index is 3.05. The molecule has 1 amide bonds. The summed E-state index contributed by atoms with van der Waals surface area (Å²) in [5, 5.41) is 3.28.